The predicted octanol–water partition coefficient (Wildman–Crippen LogP) is 5.71. The summed E-state index contributed by atoms with van der Waals surface area (Å²) in [5.41, 5.74) is 5.02. The minimum Gasteiger partial charge on any atom is -0.355 e. The molecule has 0 aliphatic rings. The molecule has 0 saturated carbocycles. The Bertz CT molecular complexity index is 1600. The molecule has 0 spiro atoms. The first-order chi connectivity index (χ1) is 17.9. The van der Waals surface area contributed by atoms with Crippen LogP contribution >= 0.6 is 0 Å². The first-order valence-electron chi connectivity index (χ1n) is 11.5. The van der Waals surface area contributed by atoms with Crippen LogP contribution in [0, 0.1) is 10.1 Å². The molecule has 0 radical (unpaired) electrons. The van der Waals surface area contributed by atoms with Crippen LogP contribution in [0.5, 0.6) is 0 Å². The van der Waals surface area contributed by atoms with Crippen molar-refractivity contribution in [2.45, 2.75) is 0 Å². The molecule has 2 aromatic heterocycles. The number of nitrogens with one attached hydrogen (secondary N) is 3. The zero-order valence-corrected chi connectivity index (χ0v) is 19.9. The van der Waals surface area contributed by atoms with Crippen LogP contribution in [-0.4, -0.2) is 15.8 Å². The molecule has 9 heteroatoms. The summed E-state index contributed by atoms with van der Waals surface area (Å²) >= 11 is 0. The Kier molecular flexibility index (Phi) is 6.41. The predicted molar refractivity (Wildman–Crippen MR) is 143 cm³/mol. The maximum absolute atomic E-state index is 12.8. The first kappa shape index (κ1) is 23.4. The normalized spacial score (nSPS) is 10.6. The number of hydrogen-bond acceptors (Lipinski definition) is 6. The number of carbonyl (C=O) groups is 1. The van der Waals surface area contributed by atoms with Crippen LogP contribution in [0.4, 0.5) is 34.1 Å². The van der Waals surface area contributed by atoms with Crippen molar-refractivity contribution >= 4 is 50.9 Å². The van der Waals surface area contributed by atoms with Crippen LogP contribution in [-0.2, 0) is 7.05 Å². The standard InChI is InChI=1S/C28H22N6O3/c1-33-15-12-21(13-16-33)30-22-3-2-4-23(17-22)32-28(35)19-5-7-20(8-6-19)31-27-11-14-29-26-10-9-24(34(36)37)18-25(26)27/h2-18H,1H3,(H2,29,31,32,35)/p+1. The molecule has 0 saturated heterocycles. The van der Waals surface area contributed by atoms with Gasteiger partial charge < -0.3 is 16.0 Å². The number of anilines is 5. The Morgan fingerprint density at radius 3 is 2.32 bits per heavy atom. The van der Waals surface area contributed by atoms with Gasteiger partial charge in [0.05, 0.1) is 16.1 Å². The van der Waals surface area contributed by atoms with Crippen LogP contribution in [0.2, 0.25) is 0 Å². The third kappa shape index (κ3) is 5.51. The van der Waals surface area contributed by atoms with Crippen molar-refractivity contribution in [3.8, 4) is 0 Å². The van der Waals surface area contributed by atoms with Gasteiger partial charge in [-0.05, 0) is 54.6 Å². The summed E-state index contributed by atoms with van der Waals surface area (Å²) in [6.45, 7) is 0. The van der Waals surface area contributed by atoms with Crippen molar-refractivity contribution in [1.82, 2.24) is 4.98 Å². The fourth-order valence-electron chi connectivity index (χ4n) is 3.85. The second kappa shape index (κ2) is 10.1. The Hall–Kier alpha value is -5.31. The zero-order chi connectivity index (χ0) is 25.8. The highest BCUT2D eigenvalue weighted by Gasteiger charge is 2.11. The topological polar surface area (TPSA) is 113 Å². The highest BCUT2D eigenvalue weighted by Crippen LogP contribution is 2.28. The third-order valence-electron chi connectivity index (χ3n) is 5.75. The number of pyridine rings is 2. The molecule has 0 aliphatic heterocycles. The molecule has 1 amide bonds. The average molecular weight is 492 g/mol. The number of fused-ring (bicyclic) bond motifs is 1. The summed E-state index contributed by atoms with van der Waals surface area (Å²) in [4.78, 5) is 27.9. The van der Waals surface area contributed by atoms with Crippen molar-refractivity contribution < 1.29 is 14.3 Å². The lowest BCUT2D eigenvalue weighted by Gasteiger charge is -2.11. The number of nitrogens with zero attached hydrogens (tertiary/aromatic N) is 3. The number of carbonyl (C=O) groups excluding carboxylic acids is 1. The minimum atomic E-state index is -0.433. The number of aryl methyl sites for hydroxylation is 1. The number of aromatic nitrogens is 2. The highest BCUT2D eigenvalue weighted by atomic mass is 16.6. The van der Waals surface area contributed by atoms with Crippen molar-refractivity contribution in [2.24, 2.45) is 7.05 Å². The van der Waals surface area contributed by atoms with Crippen molar-refractivity contribution in [2.75, 3.05) is 16.0 Å². The summed E-state index contributed by atoms with van der Waals surface area (Å²) < 4.78 is 1.95. The van der Waals surface area contributed by atoms with Crippen LogP contribution in [0.3, 0.4) is 0 Å². The average Bonchev–Trinajstić information content (AvgIpc) is 2.90. The molecule has 182 valence electrons. The van der Waals surface area contributed by atoms with Gasteiger partial charge in [-0.25, -0.2) is 4.57 Å². The molecule has 3 N–H and O–H groups in total. The SMILES string of the molecule is C[n+]1ccc(Nc2cccc(NC(=O)c3ccc(Nc4ccnc5ccc([N+](=O)[O-])cc45)cc3)c2)cc1. The lowest BCUT2D eigenvalue weighted by molar-refractivity contribution is -0.671. The van der Waals surface area contributed by atoms with Gasteiger partial charge in [0.2, 0.25) is 0 Å². The Morgan fingerprint density at radius 2 is 1.57 bits per heavy atom. The molecule has 2 heterocycles. The van der Waals surface area contributed by atoms with Crippen LogP contribution in [0.15, 0.2) is 104 Å². The molecule has 0 bridgehead atoms. The Morgan fingerprint density at radius 1 is 0.838 bits per heavy atom. The van der Waals surface area contributed by atoms with Gasteiger partial charge in [-0.2, -0.15) is 0 Å². The van der Waals surface area contributed by atoms with Crippen molar-refractivity contribution in [3.05, 3.63) is 119 Å². The summed E-state index contributed by atoms with van der Waals surface area (Å²) in [6, 6.07) is 24.7. The molecule has 0 unspecified atom stereocenters. The fourth-order valence-corrected chi connectivity index (χ4v) is 3.85. The van der Waals surface area contributed by atoms with E-state index in [-0.39, 0.29) is 11.6 Å². The summed E-state index contributed by atoms with van der Waals surface area (Å²) in [5.74, 6) is -0.236. The monoisotopic (exact) mass is 491 g/mol. The summed E-state index contributed by atoms with van der Waals surface area (Å²) in [5, 5.41) is 21.3. The van der Waals surface area contributed by atoms with E-state index in [9.17, 15) is 14.9 Å². The van der Waals surface area contributed by atoms with E-state index in [1.807, 2.05) is 60.4 Å². The van der Waals surface area contributed by atoms with E-state index in [1.54, 1.807) is 42.6 Å². The molecule has 0 aliphatic carbocycles. The fraction of sp³-hybridized carbons (Fsp3) is 0.0357. The zero-order valence-electron chi connectivity index (χ0n) is 19.9. The lowest BCUT2D eigenvalue weighted by Crippen LogP contribution is -2.25. The van der Waals surface area contributed by atoms with Gasteiger partial charge in [-0.1, -0.05) is 6.07 Å². The number of non-ortho nitro benzene ring substituents is 1. The number of benzene rings is 3. The highest BCUT2D eigenvalue weighted by molar-refractivity contribution is 6.04. The number of rotatable bonds is 7. The molecule has 9 nitrogen and oxygen atoms in total. The van der Waals surface area contributed by atoms with E-state index in [1.165, 1.54) is 12.1 Å². The van der Waals surface area contributed by atoms with Crippen LogP contribution in [0.25, 0.3) is 10.9 Å². The maximum Gasteiger partial charge on any atom is 0.270 e. The molecule has 0 atom stereocenters. The smallest absolute Gasteiger partial charge is 0.270 e. The van der Waals surface area contributed by atoms with Gasteiger partial charge in [-0.15, -0.1) is 0 Å². The second-order valence-corrected chi connectivity index (χ2v) is 8.43. The molecular weight excluding hydrogens is 468 g/mol. The quantitative estimate of drug-likeness (QED) is 0.153. The number of nitro benzene ring substituents is 1. The van der Waals surface area contributed by atoms with Gasteiger partial charge in [-0.3, -0.25) is 19.9 Å². The second-order valence-electron chi connectivity index (χ2n) is 8.43. The maximum atomic E-state index is 12.8. The molecule has 0 fully saturated rings. The Balaban J connectivity index is 1.28. The third-order valence-corrected chi connectivity index (χ3v) is 5.75. The van der Waals surface area contributed by atoms with Gasteiger partial charge in [0.1, 0.15) is 7.05 Å². The van der Waals surface area contributed by atoms with E-state index < -0.39 is 4.92 Å². The van der Waals surface area contributed by atoms with E-state index in [0.29, 0.717) is 27.8 Å². The minimum absolute atomic E-state index is 0.00675. The van der Waals surface area contributed by atoms with Crippen LogP contribution in [0.1, 0.15) is 10.4 Å². The first-order valence-corrected chi connectivity index (χ1v) is 11.5. The molecule has 5 aromatic rings. The van der Waals surface area contributed by atoms with Crippen LogP contribution < -0.4 is 20.5 Å². The summed E-state index contributed by atoms with van der Waals surface area (Å²) in [7, 11) is 1.96. The Labute approximate surface area is 212 Å². The van der Waals surface area contributed by atoms with Gasteiger partial charge in [0.25, 0.3) is 11.6 Å². The molecule has 3 aromatic carbocycles. The van der Waals surface area contributed by atoms with E-state index in [0.717, 1.165) is 17.1 Å². The lowest BCUT2D eigenvalue weighted by atomic mass is 10.1. The largest absolute Gasteiger partial charge is 0.355 e. The summed E-state index contributed by atoms with van der Waals surface area (Å²) in [6.07, 6.45) is 5.54. The van der Waals surface area contributed by atoms with Crippen molar-refractivity contribution in [3.63, 3.8) is 0 Å². The van der Waals surface area contributed by atoms with E-state index in [4.69, 9.17) is 0 Å². The van der Waals surface area contributed by atoms with Gasteiger partial charge >= 0.3 is 0 Å². The van der Waals surface area contributed by atoms with Gasteiger partial charge in [0, 0.05) is 64.2 Å². The van der Waals surface area contributed by atoms with E-state index >= 15 is 0 Å². The molecule has 37 heavy (non-hydrogen) atoms. The number of amides is 1. The molecule has 5 rings (SSSR count). The molecular formula is C28H23N6O3+. The number of nitro groups is 1. The van der Waals surface area contributed by atoms with E-state index in [2.05, 4.69) is 20.9 Å². The van der Waals surface area contributed by atoms with Gasteiger partial charge in [0.15, 0.2) is 12.4 Å². The number of hydrogen-bond donors (Lipinski definition) is 3. The van der Waals surface area contributed by atoms with Crippen molar-refractivity contribution in [1.29, 1.82) is 0 Å².